The molecular formula is C23H27N7O2. The van der Waals surface area contributed by atoms with Crippen LogP contribution in [0.15, 0.2) is 52.5 Å². The Labute approximate surface area is 185 Å². The van der Waals surface area contributed by atoms with Gasteiger partial charge in [0, 0.05) is 41.8 Å². The average Bonchev–Trinajstić information content (AvgIpc) is 3.20. The molecular weight excluding hydrogens is 406 g/mol. The van der Waals surface area contributed by atoms with Crippen LogP contribution in [0.25, 0.3) is 11.4 Å². The van der Waals surface area contributed by atoms with Crippen molar-refractivity contribution < 1.29 is 5.11 Å². The van der Waals surface area contributed by atoms with Crippen LogP contribution in [-0.4, -0.2) is 47.2 Å². The minimum absolute atomic E-state index is 0.0535. The van der Waals surface area contributed by atoms with E-state index in [1.807, 2.05) is 35.3 Å². The number of aryl methyl sites for hydroxylation is 1. The average molecular weight is 434 g/mol. The Hall–Kier alpha value is -3.33. The molecule has 1 aromatic carbocycles. The summed E-state index contributed by atoms with van der Waals surface area (Å²) in [5.74, 6) is 0.533. The third-order valence-electron chi connectivity index (χ3n) is 6.48. The Bertz CT molecular complexity index is 1210. The maximum atomic E-state index is 13.4. The van der Waals surface area contributed by atoms with Gasteiger partial charge in [0.1, 0.15) is 0 Å². The molecule has 1 fully saturated rings. The Morgan fingerprint density at radius 1 is 1.34 bits per heavy atom. The molecule has 0 amide bonds. The number of aliphatic hydroxyl groups excluding tert-OH is 1. The minimum Gasteiger partial charge on any atom is -0.391 e. The van der Waals surface area contributed by atoms with Crippen LogP contribution >= 0.6 is 0 Å². The summed E-state index contributed by atoms with van der Waals surface area (Å²) in [7, 11) is 0. The van der Waals surface area contributed by atoms with Crippen molar-refractivity contribution in [1.29, 1.82) is 0 Å². The van der Waals surface area contributed by atoms with Gasteiger partial charge in [-0.1, -0.05) is 37.6 Å². The fraction of sp³-hybridized carbons (Fsp3) is 0.435. The lowest BCUT2D eigenvalue weighted by atomic mass is 9.76. The highest BCUT2D eigenvalue weighted by Gasteiger charge is 2.40. The van der Waals surface area contributed by atoms with E-state index in [9.17, 15) is 9.90 Å². The Morgan fingerprint density at radius 2 is 2.22 bits per heavy atom. The fourth-order valence-corrected chi connectivity index (χ4v) is 4.47. The van der Waals surface area contributed by atoms with E-state index in [-0.39, 0.29) is 11.7 Å². The molecule has 0 bridgehead atoms. The van der Waals surface area contributed by atoms with Crippen LogP contribution in [0.5, 0.6) is 0 Å². The number of nitrogens with one attached hydrogen (secondary N) is 1. The smallest absolute Gasteiger partial charge is 0.328 e. The van der Waals surface area contributed by atoms with Gasteiger partial charge < -0.3 is 5.11 Å². The van der Waals surface area contributed by atoms with Crippen LogP contribution in [-0.2, 0) is 18.4 Å². The molecule has 3 atom stereocenters. The van der Waals surface area contributed by atoms with E-state index in [1.165, 1.54) is 0 Å². The predicted octanol–water partition coefficient (Wildman–Crippen LogP) is 2.40. The number of aromatic nitrogens is 6. The summed E-state index contributed by atoms with van der Waals surface area (Å²) in [4.78, 5) is 17.7. The van der Waals surface area contributed by atoms with Crippen molar-refractivity contribution in [3.05, 3.63) is 64.5 Å². The van der Waals surface area contributed by atoms with Crippen LogP contribution in [0.2, 0.25) is 0 Å². The lowest BCUT2D eigenvalue weighted by Gasteiger charge is -2.32. The van der Waals surface area contributed by atoms with Gasteiger partial charge in [-0.25, -0.2) is 4.79 Å². The number of aliphatic imine (C=N–C) groups is 1. The number of nitrogens with zero attached hydrogens (tertiary/aromatic N) is 6. The van der Waals surface area contributed by atoms with Gasteiger partial charge in [-0.15, -0.1) is 10.2 Å². The van der Waals surface area contributed by atoms with Crippen LogP contribution in [0, 0.1) is 0 Å². The number of imidazole rings is 1. The standard InChI is InChI=1S/C23H27N7O2/c1-2-3-7-18-14-29(19-13-20(19)31)22(32)30(18)15-23(8-10-24-11-9-23)17-6-4-5-16(12-17)21-25-27-28-26-21/h4-6,8,10-12,14,19-20,31H,2-3,7,9,13,15H2,1H3,(H,25,26,27,28). The van der Waals surface area contributed by atoms with Crippen LogP contribution in [0.1, 0.15) is 49.9 Å². The van der Waals surface area contributed by atoms with Crippen molar-refractivity contribution in [3.8, 4) is 11.4 Å². The summed E-state index contributed by atoms with van der Waals surface area (Å²) in [6.45, 7) is 2.65. The van der Waals surface area contributed by atoms with Crippen molar-refractivity contribution in [3.63, 3.8) is 0 Å². The molecule has 3 unspecified atom stereocenters. The first-order valence-electron chi connectivity index (χ1n) is 11.1. The van der Waals surface area contributed by atoms with Gasteiger partial charge in [-0.05, 0) is 42.5 Å². The van der Waals surface area contributed by atoms with E-state index >= 15 is 0 Å². The number of allylic oxidation sites excluding steroid dienone is 1. The van der Waals surface area contributed by atoms with E-state index in [1.54, 1.807) is 4.57 Å². The van der Waals surface area contributed by atoms with Crippen molar-refractivity contribution in [1.82, 2.24) is 29.8 Å². The molecule has 9 heteroatoms. The number of hydrogen-bond donors (Lipinski definition) is 2. The topological polar surface area (TPSA) is 114 Å². The third kappa shape index (κ3) is 3.73. The summed E-state index contributed by atoms with van der Waals surface area (Å²) >= 11 is 0. The first-order valence-corrected chi connectivity index (χ1v) is 11.1. The second-order valence-electron chi connectivity index (χ2n) is 8.69. The Kier molecular flexibility index (Phi) is 5.34. The van der Waals surface area contributed by atoms with E-state index in [4.69, 9.17) is 0 Å². The number of H-pyrrole nitrogens is 1. The molecule has 1 aliphatic carbocycles. The largest absolute Gasteiger partial charge is 0.391 e. The van der Waals surface area contributed by atoms with E-state index in [2.05, 4.69) is 50.7 Å². The summed E-state index contributed by atoms with van der Waals surface area (Å²) in [6, 6.07) is 7.96. The van der Waals surface area contributed by atoms with Gasteiger partial charge in [0.15, 0.2) is 0 Å². The fourth-order valence-electron chi connectivity index (χ4n) is 4.47. The minimum atomic E-state index is -0.430. The number of benzene rings is 1. The van der Waals surface area contributed by atoms with Crippen LogP contribution < -0.4 is 5.69 Å². The molecule has 0 saturated heterocycles. The van der Waals surface area contributed by atoms with Crippen molar-refractivity contribution >= 4 is 6.21 Å². The monoisotopic (exact) mass is 433 g/mol. The van der Waals surface area contributed by atoms with E-state index < -0.39 is 11.5 Å². The summed E-state index contributed by atoms with van der Waals surface area (Å²) < 4.78 is 3.62. The molecule has 0 spiro atoms. The summed E-state index contributed by atoms with van der Waals surface area (Å²) in [5, 5.41) is 24.3. The van der Waals surface area contributed by atoms with Gasteiger partial charge >= 0.3 is 5.69 Å². The summed E-state index contributed by atoms with van der Waals surface area (Å²) in [6.07, 6.45) is 11.5. The second-order valence-corrected chi connectivity index (χ2v) is 8.69. The highest BCUT2D eigenvalue weighted by Crippen LogP contribution is 2.37. The highest BCUT2D eigenvalue weighted by atomic mass is 16.3. The number of hydrogen-bond acceptors (Lipinski definition) is 6. The molecule has 2 aromatic heterocycles. The maximum absolute atomic E-state index is 13.4. The summed E-state index contributed by atoms with van der Waals surface area (Å²) in [5.41, 5.74) is 2.46. The Balaban J connectivity index is 1.56. The SMILES string of the molecule is CCCCc1cn(C2CC2O)c(=O)n1CC1(c2cccc(-c3nn[nH]n3)c2)C=CN=CC1. The number of tetrazole rings is 1. The normalized spacial score (nSPS) is 24.2. The zero-order valence-corrected chi connectivity index (χ0v) is 18.1. The molecule has 3 aromatic rings. The number of aliphatic hydroxyl groups is 1. The lowest BCUT2D eigenvalue weighted by molar-refractivity contribution is 0.258. The van der Waals surface area contributed by atoms with Crippen LogP contribution in [0.3, 0.4) is 0 Å². The molecule has 1 aliphatic heterocycles. The van der Waals surface area contributed by atoms with Gasteiger partial charge in [0.25, 0.3) is 0 Å². The molecule has 2 N–H and O–H groups in total. The van der Waals surface area contributed by atoms with Crippen LogP contribution in [0.4, 0.5) is 0 Å². The van der Waals surface area contributed by atoms with Gasteiger partial charge in [0.2, 0.25) is 5.82 Å². The second kappa shape index (κ2) is 8.31. The van der Waals surface area contributed by atoms with Crippen molar-refractivity contribution in [2.24, 2.45) is 4.99 Å². The van der Waals surface area contributed by atoms with Gasteiger partial charge in [-0.3, -0.25) is 14.1 Å². The molecule has 0 radical (unpaired) electrons. The number of rotatable bonds is 8. The van der Waals surface area contributed by atoms with Gasteiger partial charge in [-0.2, -0.15) is 5.21 Å². The highest BCUT2D eigenvalue weighted by molar-refractivity contribution is 5.65. The van der Waals surface area contributed by atoms with E-state index in [0.29, 0.717) is 25.2 Å². The Morgan fingerprint density at radius 3 is 2.91 bits per heavy atom. The van der Waals surface area contributed by atoms with Crippen molar-refractivity contribution in [2.45, 2.75) is 63.1 Å². The zero-order chi connectivity index (χ0) is 22.1. The first-order chi connectivity index (χ1) is 15.6. The molecule has 1 saturated carbocycles. The molecule has 166 valence electrons. The predicted molar refractivity (Wildman–Crippen MR) is 121 cm³/mol. The van der Waals surface area contributed by atoms with Gasteiger partial charge in [0.05, 0.1) is 12.1 Å². The molecule has 3 heterocycles. The molecule has 32 heavy (non-hydrogen) atoms. The van der Waals surface area contributed by atoms with E-state index in [0.717, 1.165) is 36.1 Å². The first kappa shape index (κ1) is 20.6. The van der Waals surface area contributed by atoms with Crippen molar-refractivity contribution in [2.75, 3.05) is 0 Å². The molecule has 5 rings (SSSR count). The number of unbranched alkanes of at least 4 members (excludes halogenated alkanes) is 1. The third-order valence-corrected chi connectivity index (χ3v) is 6.48. The maximum Gasteiger partial charge on any atom is 0.328 e. The zero-order valence-electron chi connectivity index (χ0n) is 18.1. The lowest BCUT2D eigenvalue weighted by Crippen LogP contribution is -2.37. The quantitative estimate of drug-likeness (QED) is 0.566. The number of aromatic amines is 1. The molecule has 2 aliphatic rings. The molecule has 9 nitrogen and oxygen atoms in total.